The number of hydrogen-bond acceptors (Lipinski definition) is 7. The molecule has 2 N–H and O–H groups in total. The van der Waals surface area contributed by atoms with E-state index >= 15 is 0 Å². The molecule has 10 heteroatoms. The van der Waals surface area contributed by atoms with Crippen LogP contribution in [-0.2, 0) is 19.9 Å². The van der Waals surface area contributed by atoms with Crippen molar-refractivity contribution in [1.29, 1.82) is 0 Å². The molecule has 2 rings (SSSR count). The van der Waals surface area contributed by atoms with Crippen molar-refractivity contribution >= 4 is 37.4 Å². The van der Waals surface area contributed by atoms with Crippen molar-refractivity contribution < 1.29 is 16.8 Å². The summed E-state index contributed by atoms with van der Waals surface area (Å²) in [4.78, 5) is 3.62. The molecule has 21 heavy (non-hydrogen) atoms. The van der Waals surface area contributed by atoms with E-state index in [-0.39, 0.29) is 28.8 Å². The highest BCUT2D eigenvalue weighted by molar-refractivity contribution is 8.01. The molecule has 118 valence electrons. The first-order chi connectivity index (χ1) is 9.80. The Morgan fingerprint density at radius 1 is 1.43 bits per heavy atom. The van der Waals surface area contributed by atoms with Crippen molar-refractivity contribution in [1.82, 2.24) is 9.29 Å². The predicted octanol–water partition coefficient (Wildman–Crippen LogP) is 0.162. The standard InChI is InChI=1S/C11H17N3O4S3/c1-2-20(15,16)10-8-19-7-6-14(10)21(17,18)9-4-3-5-13-11(9)12/h3-5,10H,2,6-8H2,1H3,(H2,12,13). The molecule has 2 heterocycles. The van der Waals surface area contributed by atoms with Crippen molar-refractivity contribution in [2.75, 3.05) is 29.5 Å². The van der Waals surface area contributed by atoms with Gasteiger partial charge in [0, 0.05) is 30.0 Å². The van der Waals surface area contributed by atoms with E-state index in [4.69, 9.17) is 5.73 Å². The van der Waals surface area contributed by atoms with Crippen LogP contribution in [0.4, 0.5) is 5.82 Å². The number of hydrogen-bond donors (Lipinski definition) is 1. The second-order valence-electron chi connectivity index (χ2n) is 4.48. The molecule has 0 aliphatic carbocycles. The van der Waals surface area contributed by atoms with Crippen LogP contribution in [0.1, 0.15) is 6.92 Å². The number of nitrogens with zero attached hydrogens (tertiary/aromatic N) is 2. The monoisotopic (exact) mass is 351 g/mol. The summed E-state index contributed by atoms with van der Waals surface area (Å²) in [5.41, 5.74) is 5.63. The number of pyridine rings is 1. The van der Waals surface area contributed by atoms with Gasteiger partial charge in [-0.25, -0.2) is 21.8 Å². The topological polar surface area (TPSA) is 110 Å². The van der Waals surface area contributed by atoms with Gasteiger partial charge < -0.3 is 5.73 Å². The Morgan fingerprint density at radius 3 is 2.76 bits per heavy atom. The van der Waals surface area contributed by atoms with Crippen LogP contribution in [0.3, 0.4) is 0 Å². The number of sulfonamides is 1. The first-order valence-corrected chi connectivity index (χ1v) is 10.6. The van der Waals surface area contributed by atoms with Crippen LogP contribution in [0.25, 0.3) is 0 Å². The number of sulfone groups is 1. The van der Waals surface area contributed by atoms with E-state index in [9.17, 15) is 16.8 Å². The molecule has 0 saturated carbocycles. The highest BCUT2D eigenvalue weighted by Gasteiger charge is 2.41. The van der Waals surface area contributed by atoms with Crippen molar-refractivity contribution in [3.63, 3.8) is 0 Å². The van der Waals surface area contributed by atoms with Crippen LogP contribution in [0, 0.1) is 0 Å². The molecule has 0 spiro atoms. The first-order valence-electron chi connectivity index (χ1n) is 6.32. The molecule has 0 bridgehead atoms. The lowest BCUT2D eigenvalue weighted by Gasteiger charge is -2.33. The summed E-state index contributed by atoms with van der Waals surface area (Å²) >= 11 is 1.43. The van der Waals surface area contributed by atoms with Crippen LogP contribution >= 0.6 is 11.8 Å². The smallest absolute Gasteiger partial charge is 0.247 e. The maximum absolute atomic E-state index is 12.7. The van der Waals surface area contributed by atoms with Crippen LogP contribution < -0.4 is 5.73 Å². The van der Waals surface area contributed by atoms with Gasteiger partial charge in [0.25, 0.3) is 0 Å². The second-order valence-corrected chi connectivity index (χ2v) is 9.94. The van der Waals surface area contributed by atoms with Gasteiger partial charge in [0.05, 0.1) is 0 Å². The number of rotatable bonds is 4. The average molecular weight is 351 g/mol. The van der Waals surface area contributed by atoms with Gasteiger partial charge in [-0.15, -0.1) is 0 Å². The van der Waals surface area contributed by atoms with E-state index in [0.717, 1.165) is 4.31 Å². The fraction of sp³-hybridized carbons (Fsp3) is 0.545. The van der Waals surface area contributed by atoms with Crippen LogP contribution in [0.15, 0.2) is 23.2 Å². The van der Waals surface area contributed by atoms with E-state index in [1.807, 2.05) is 0 Å². The van der Waals surface area contributed by atoms with Crippen molar-refractivity contribution in [3.05, 3.63) is 18.3 Å². The minimum absolute atomic E-state index is 0.104. The number of nitrogens with two attached hydrogens (primary N) is 1. The Hall–Kier alpha value is -0.840. The summed E-state index contributed by atoms with van der Waals surface area (Å²) in [6.45, 7) is 1.66. The zero-order chi connectivity index (χ0) is 15.7. The van der Waals surface area contributed by atoms with E-state index in [1.165, 1.54) is 37.0 Å². The van der Waals surface area contributed by atoms with Gasteiger partial charge in [-0.05, 0) is 12.1 Å². The molecule has 1 aromatic rings. The minimum Gasteiger partial charge on any atom is -0.383 e. The molecule has 1 fully saturated rings. The molecule has 0 radical (unpaired) electrons. The molecule has 7 nitrogen and oxygen atoms in total. The number of anilines is 1. The number of nitrogen functional groups attached to an aromatic ring is 1. The molecule has 1 atom stereocenters. The third kappa shape index (κ3) is 3.17. The van der Waals surface area contributed by atoms with Gasteiger partial charge in [0.15, 0.2) is 9.84 Å². The van der Waals surface area contributed by atoms with Gasteiger partial charge in [-0.1, -0.05) is 6.92 Å². The summed E-state index contributed by atoms with van der Waals surface area (Å²) in [6, 6.07) is 2.81. The Kier molecular flexibility index (Phi) is 4.81. The lowest BCUT2D eigenvalue weighted by Crippen LogP contribution is -2.50. The van der Waals surface area contributed by atoms with Gasteiger partial charge in [-0.2, -0.15) is 16.1 Å². The minimum atomic E-state index is -3.98. The highest BCUT2D eigenvalue weighted by atomic mass is 32.2. The Labute approximate surface area is 128 Å². The predicted molar refractivity (Wildman–Crippen MR) is 83.1 cm³/mol. The van der Waals surface area contributed by atoms with Gasteiger partial charge in [0.1, 0.15) is 16.1 Å². The third-order valence-electron chi connectivity index (χ3n) is 3.24. The molecule has 1 unspecified atom stereocenters. The van der Waals surface area contributed by atoms with E-state index in [2.05, 4.69) is 4.98 Å². The molecule has 0 amide bonds. The number of aromatic nitrogens is 1. The largest absolute Gasteiger partial charge is 0.383 e. The second kappa shape index (κ2) is 6.11. The average Bonchev–Trinajstić information content (AvgIpc) is 2.47. The number of thioether (sulfide) groups is 1. The van der Waals surface area contributed by atoms with Crippen molar-refractivity contribution in [3.8, 4) is 0 Å². The Bertz CT molecular complexity index is 718. The fourth-order valence-electron chi connectivity index (χ4n) is 2.06. The van der Waals surface area contributed by atoms with E-state index in [0.29, 0.717) is 5.75 Å². The summed E-state index contributed by atoms with van der Waals surface area (Å²) in [5, 5.41) is -1.05. The molecule has 1 saturated heterocycles. The highest BCUT2D eigenvalue weighted by Crippen LogP contribution is 2.29. The van der Waals surface area contributed by atoms with Crippen LogP contribution in [-0.4, -0.2) is 55.3 Å². The molecule has 0 aromatic carbocycles. The van der Waals surface area contributed by atoms with Crippen molar-refractivity contribution in [2.45, 2.75) is 17.2 Å². The summed E-state index contributed by atoms with van der Waals surface area (Å²) < 4.78 is 50.8. The van der Waals surface area contributed by atoms with Gasteiger partial charge in [-0.3, -0.25) is 0 Å². The molecular weight excluding hydrogens is 334 g/mol. The molecular formula is C11H17N3O4S3. The van der Waals surface area contributed by atoms with Gasteiger partial charge in [0.2, 0.25) is 10.0 Å². The first kappa shape index (κ1) is 16.5. The molecule has 1 aliphatic rings. The summed E-state index contributed by atoms with van der Waals surface area (Å²) in [5.74, 6) is 0.556. The SMILES string of the molecule is CCS(=O)(=O)C1CSCCN1S(=O)(=O)c1cccnc1N. The summed E-state index contributed by atoms with van der Waals surface area (Å²) in [7, 11) is -7.49. The Morgan fingerprint density at radius 2 is 2.14 bits per heavy atom. The zero-order valence-electron chi connectivity index (χ0n) is 11.5. The quantitative estimate of drug-likeness (QED) is 0.822. The maximum atomic E-state index is 12.7. The van der Waals surface area contributed by atoms with Crippen LogP contribution in [0.5, 0.6) is 0 Å². The van der Waals surface area contributed by atoms with Gasteiger partial charge >= 0.3 is 0 Å². The van der Waals surface area contributed by atoms with E-state index in [1.54, 1.807) is 0 Å². The molecule has 1 aromatic heterocycles. The lowest BCUT2D eigenvalue weighted by atomic mass is 10.5. The molecule has 1 aliphatic heterocycles. The maximum Gasteiger partial charge on any atom is 0.247 e. The lowest BCUT2D eigenvalue weighted by molar-refractivity contribution is 0.404. The normalized spacial score (nSPS) is 21.3. The summed E-state index contributed by atoms with van der Waals surface area (Å²) in [6.07, 6.45) is 1.39. The van der Waals surface area contributed by atoms with Crippen LogP contribution in [0.2, 0.25) is 0 Å². The van der Waals surface area contributed by atoms with E-state index < -0.39 is 25.2 Å². The third-order valence-corrected chi connectivity index (χ3v) is 8.62. The fourth-order valence-corrected chi connectivity index (χ4v) is 7.38. The Balaban J connectivity index is 2.49. The zero-order valence-corrected chi connectivity index (χ0v) is 13.9. The van der Waals surface area contributed by atoms with Crippen molar-refractivity contribution in [2.24, 2.45) is 0 Å².